The highest BCUT2D eigenvalue weighted by Gasteiger charge is 2.50. The van der Waals surface area contributed by atoms with Crippen LogP contribution in [0.1, 0.15) is 77.0 Å². The Morgan fingerprint density at radius 2 is 1.52 bits per heavy atom. The Morgan fingerprint density at radius 3 is 2.10 bits per heavy atom. The first-order chi connectivity index (χ1) is 10.2. The van der Waals surface area contributed by atoms with Gasteiger partial charge in [0.1, 0.15) is 5.83 Å². The summed E-state index contributed by atoms with van der Waals surface area (Å²) in [4.78, 5) is 0. The van der Waals surface area contributed by atoms with E-state index in [2.05, 4.69) is 5.32 Å². The molecule has 0 radical (unpaired) electrons. The molecule has 5 aliphatic rings. The highest BCUT2D eigenvalue weighted by molar-refractivity contribution is 5.11. The molecule has 118 valence electrons. The van der Waals surface area contributed by atoms with Crippen LogP contribution in [-0.2, 0) is 0 Å². The monoisotopic (exact) mass is 291 g/mol. The standard InChI is InChI=1S/C19H30FN/c20-18(17-4-2-1-3-5-17)6-7-21-19-11-14-8-15(12-19)10-16(9-14)13-19/h14-16,21H,1-13H2. The Bertz CT molecular complexity index is 382. The third kappa shape index (κ3) is 2.93. The van der Waals surface area contributed by atoms with Gasteiger partial charge in [-0.25, -0.2) is 4.39 Å². The van der Waals surface area contributed by atoms with Crippen molar-refractivity contribution in [1.82, 2.24) is 5.32 Å². The van der Waals surface area contributed by atoms with E-state index in [1.807, 2.05) is 0 Å². The Hall–Kier alpha value is -0.370. The van der Waals surface area contributed by atoms with Gasteiger partial charge in [-0.3, -0.25) is 0 Å². The lowest BCUT2D eigenvalue weighted by Gasteiger charge is -2.57. The first kappa shape index (κ1) is 14.2. The molecule has 0 aromatic carbocycles. The Labute approximate surface area is 128 Å². The molecule has 21 heavy (non-hydrogen) atoms. The summed E-state index contributed by atoms with van der Waals surface area (Å²) in [6.45, 7) is 0.863. The summed E-state index contributed by atoms with van der Waals surface area (Å²) in [6, 6.07) is 0. The van der Waals surface area contributed by atoms with Crippen molar-refractivity contribution in [2.24, 2.45) is 17.8 Å². The van der Waals surface area contributed by atoms with E-state index in [-0.39, 0.29) is 5.83 Å². The Kier molecular flexibility index (Phi) is 3.85. The van der Waals surface area contributed by atoms with Crippen molar-refractivity contribution in [3.63, 3.8) is 0 Å². The number of allylic oxidation sites excluding steroid dienone is 1. The molecule has 0 saturated heterocycles. The van der Waals surface area contributed by atoms with Crippen molar-refractivity contribution < 1.29 is 4.39 Å². The van der Waals surface area contributed by atoms with Gasteiger partial charge in [0.25, 0.3) is 0 Å². The summed E-state index contributed by atoms with van der Waals surface area (Å²) in [6.07, 6.45) is 14.9. The molecule has 5 fully saturated rings. The lowest BCUT2D eigenvalue weighted by Crippen LogP contribution is -2.58. The van der Waals surface area contributed by atoms with E-state index in [0.717, 1.165) is 42.7 Å². The fourth-order valence-corrected chi connectivity index (χ4v) is 6.19. The molecule has 5 rings (SSSR count). The zero-order valence-corrected chi connectivity index (χ0v) is 13.3. The van der Waals surface area contributed by atoms with Crippen molar-refractivity contribution in [2.45, 2.75) is 82.6 Å². The molecular weight excluding hydrogens is 261 g/mol. The third-order valence-corrected chi connectivity index (χ3v) is 6.72. The van der Waals surface area contributed by atoms with Crippen LogP contribution in [0.3, 0.4) is 0 Å². The van der Waals surface area contributed by atoms with Crippen molar-refractivity contribution in [1.29, 1.82) is 0 Å². The quantitative estimate of drug-likeness (QED) is 0.758. The van der Waals surface area contributed by atoms with Crippen LogP contribution in [0.5, 0.6) is 0 Å². The number of rotatable bonds is 4. The smallest absolute Gasteiger partial charge is 0.100 e. The van der Waals surface area contributed by atoms with E-state index in [4.69, 9.17) is 0 Å². The first-order valence-corrected chi connectivity index (χ1v) is 9.34. The first-order valence-electron chi connectivity index (χ1n) is 9.34. The zero-order valence-electron chi connectivity index (χ0n) is 13.3. The molecule has 0 heterocycles. The highest BCUT2D eigenvalue weighted by atomic mass is 19.1. The van der Waals surface area contributed by atoms with Gasteiger partial charge in [-0.05, 0) is 87.5 Å². The maximum absolute atomic E-state index is 14.3. The lowest BCUT2D eigenvalue weighted by molar-refractivity contribution is -0.0194. The summed E-state index contributed by atoms with van der Waals surface area (Å²) >= 11 is 0. The average Bonchev–Trinajstić information content (AvgIpc) is 2.46. The van der Waals surface area contributed by atoms with Crippen molar-refractivity contribution in [3.8, 4) is 0 Å². The maximum atomic E-state index is 14.3. The van der Waals surface area contributed by atoms with Crippen LogP contribution >= 0.6 is 0 Å². The molecular formula is C19H30FN. The van der Waals surface area contributed by atoms with Gasteiger partial charge in [0.2, 0.25) is 0 Å². The summed E-state index contributed by atoms with van der Waals surface area (Å²) in [5.74, 6) is 3.15. The zero-order chi connectivity index (χ0) is 14.3. The summed E-state index contributed by atoms with van der Waals surface area (Å²) in [5, 5.41) is 3.82. The van der Waals surface area contributed by atoms with Gasteiger partial charge >= 0.3 is 0 Å². The van der Waals surface area contributed by atoms with Gasteiger partial charge in [-0.1, -0.05) is 6.42 Å². The fraction of sp³-hybridized carbons (Fsp3) is 0.895. The van der Waals surface area contributed by atoms with Crippen molar-refractivity contribution in [3.05, 3.63) is 11.4 Å². The van der Waals surface area contributed by atoms with E-state index in [9.17, 15) is 4.39 Å². The van der Waals surface area contributed by atoms with E-state index in [1.165, 1.54) is 57.8 Å². The molecule has 1 nitrogen and oxygen atoms in total. The normalized spacial score (nSPS) is 41.6. The fourth-order valence-electron chi connectivity index (χ4n) is 6.19. The topological polar surface area (TPSA) is 12.0 Å². The Morgan fingerprint density at radius 1 is 0.952 bits per heavy atom. The molecule has 5 saturated carbocycles. The molecule has 0 aromatic rings. The van der Waals surface area contributed by atoms with Crippen molar-refractivity contribution >= 4 is 0 Å². The van der Waals surface area contributed by atoms with E-state index in [1.54, 1.807) is 0 Å². The van der Waals surface area contributed by atoms with Gasteiger partial charge in [0.05, 0.1) is 0 Å². The van der Waals surface area contributed by atoms with Gasteiger partial charge in [-0.2, -0.15) is 0 Å². The number of hydrogen-bond donors (Lipinski definition) is 1. The largest absolute Gasteiger partial charge is 0.311 e. The molecule has 2 heteroatoms. The molecule has 0 unspecified atom stereocenters. The van der Waals surface area contributed by atoms with E-state index >= 15 is 0 Å². The second-order valence-corrected chi connectivity index (χ2v) is 8.44. The predicted octanol–water partition coefficient (Wildman–Crippen LogP) is 5.12. The average molecular weight is 291 g/mol. The maximum Gasteiger partial charge on any atom is 0.100 e. The number of halogens is 1. The minimum Gasteiger partial charge on any atom is -0.311 e. The molecule has 0 atom stereocenters. The summed E-state index contributed by atoms with van der Waals surface area (Å²) < 4.78 is 14.3. The van der Waals surface area contributed by atoms with Gasteiger partial charge < -0.3 is 5.32 Å². The van der Waals surface area contributed by atoms with Gasteiger partial charge in [-0.15, -0.1) is 0 Å². The number of hydrogen-bond acceptors (Lipinski definition) is 1. The van der Waals surface area contributed by atoms with Crippen LogP contribution in [-0.4, -0.2) is 12.1 Å². The van der Waals surface area contributed by atoms with Gasteiger partial charge in [0.15, 0.2) is 0 Å². The molecule has 5 aliphatic carbocycles. The predicted molar refractivity (Wildman–Crippen MR) is 84.7 cm³/mol. The van der Waals surface area contributed by atoms with Crippen LogP contribution in [0.15, 0.2) is 11.4 Å². The molecule has 0 amide bonds. The Balaban J connectivity index is 1.32. The second-order valence-electron chi connectivity index (χ2n) is 8.44. The minimum atomic E-state index is 0.215. The molecule has 0 spiro atoms. The molecule has 0 aromatic heterocycles. The SMILES string of the molecule is FC(CCNC12CC3CC(CC(C3)C1)C2)=C1CCCCC1. The summed E-state index contributed by atoms with van der Waals surface area (Å²) in [5.41, 5.74) is 1.53. The number of nitrogens with one attached hydrogen (secondary N) is 1. The van der Waals surface area contributed by atoms with E-state index in [0.29, 0.717) is 12.0 Å². The molecule has 0 aliphatic heterocycles. The van der Waals surface area contributed by atoms with Crippen LogP contribution in [0.25, 0.3) is 0 Å². The highest BCUT2D eigenvalue weighted by Crippen LogP contribution is 2.55. The van der Waals surface area contributed by atoms with Gasteiger partial charge in [0, 0.05) is 18.5 Å². The van der Waals surface area contributed by atoms with Crippen molar-refractivity contribution in [2.75, 3.05) is 6.54 Å². The van der Waals surface area contributed by atoms with Crippen LogP contribution in [0.2, 0.25) is 0 Å². The van der Waals surface area contributed by atoms with Crippen LogP contribution in [0, 0.1) is 17.8 Å². The van der Waals surface area contributed by atoms with Crippen LogP contribution in [0.4, 0.5) is 4.39 Å². The molecule has 1 N–H and O–H groups in total. The van der Waals surface area contributed by atoms with Crippen LogP contribution < -0.4 is 5.32 Å². The third-order valence-electron chi connectivity index (χ3n) is 6.72. The minimum absolute atomic E-state index is 0.215. The lowest BCUT2D eigenvalue weighted by atomic mass is 9.53. The molecule has 4 bridgehead atoms. The summed E-state index contributed by atoms with van der Waals surface area (Å²) in [7, 11) is 0. The second kappa shape index (κ2) is 5.68. The van der Waals surface area contributed by atoms with E-state index < -0.39 is 0 Å².